The maximum absolute atomic E-state index is 10.9. The Morgan fingerprint density at radius 1 is 0.938 bits per heavy atom. The van der Waals surface area contributed by atoms with E-state index in [1.165, 1.54) is 24.3 Å². The summed E-state index contributed by atoms with van der Waals surface area (Å²) in [6.45, 7) is 0. The fourth-order valence-corrected chi connectivity index (χ4v) is 2.14. The Balaban J connectivity index is 2.81. The summed E-state index contributed by atoms with van der Waals surface area (Å²) in [5.74, 6) is -0.179. The standard InChI is InChI=1S/C8H12N2O4S2/c9-15(11,12)6-5-7-1-3-8(4-2-7)16(10,13)14/h1-4H,5-6H2,(H2,9,11,12)(H2,10,13,14). The van der Waals surface area contributed by atoms with Crippen molar-refractivity contribution in [2.75, 3.05) is 5.75 Å². The minimum Gasteiger partial charge on any atom is -0.229 e. The smallest absolute Gasteiger partial charge is 0.229 e. The number of aryl methyl sites for hydroxylation is 1. The molecule has 0 amide bonds. The molecule has 90 valence electrons. The molecule has 8 heteroatoms. The topological polar surface area (TPSA) is 120 Å². The molecule has 6 nitrogen and oxygen atoms in total. The molecular formula is C8H12N2O4S2. The normalized spacial score (nSPS) is 12.6. The molecule has 4 N–H and O–H groups in total. The predicted octanol–water partition coefficient (Wildman–Crippen LogP) is -0.835. The van der Waals surface area contributed by atoms with Crippen molar-refractivity contribution in [1.82, 2.24) is 0 Å². The van der Waals surface area contributed by atoms with Crippen LogP contribution in [0.5, 0.6) is 0 Å². The number of nitrogens with two attached hydrogens (primary N) is 2. The van der Waals surface area contributed by atoms with Crippen molar-refractivity contribution in [2.45, 2.75) is 11.3 Å². The highest BCUT2D eigenvalue weighted by atomic mass is 32.2. The Morgan fingerprint density at radius 3 is 1.81 bits per heavy atom. The SMILES string of the molecule is NS(=O)(=O)CCc1ccc(S(N)(=O)=O)cc1. The van der Waals surface area contributed by atoms with Crippen LogP contribution in [0.1, 0.15) is 5.56 Å². The molecule has 16 heavy (non-hydrogen) atoms. The van der Waals surface area contributed by atoms with Crippen LogP contribution in [0.4, 0.5) is 0 Å². The van der Waals surface area contributed by atoms with Gasteiger partial charge in [-0.05, 0) is 24.1 Å². The van der Waals surface area contributed by atoms with Crippen LogP contribution in [-0.4, -0.2) is 22.6 Å². The summed E-state index contributed by atoms with van der Waals surface area (Å²) in [4.78, 5) is -0.00754. The number of primary sulfonamides is 2. The molecule has 1 aromatic rings. The quantitative estimate of drug-likeness (QED) is 0.736. The van der Waals surface area contributed by atoms with Gasteiger partial charge in [-0.1, -0.05) is 12.1 Å². The first kappa shape index (κ1) is 13.1. The predicted molar refractivity (Wildman–Crippen MR) is 59.5 cm³/mol. The van der Waals surface area contributed by atoms with Crippen molar-refractivity contribution in [3.05, 3.63) is 29.8 Å². The number of hydrogen-bond donors (Lipinski definition) is 2. The van der Waals surface area contributed by atoms with E-state index < -0.39 is 20.0 Å². The third kappa shape index (κ3) is 4.27. The second-order valence-corrected chi connectivity index (χ2v) is 6.60. The third-order valence-corrected chi connectivity index (χ3v) is 3.63. The van der Waals surface area contributed by atoms with Gasteiger partial charge in [-0.3, -0.25) is 0 Å². The van der Waals surface area contributed by atoms with Crippen LogP contribution in [0, 0.1) is 0 Å². The van der Waals surface area contributed by atoms with E-state index in [9.17, 15) is 16.8 Å². The van der Waals surface area contributed by atoms with Crippen molar-refractivity contribution in [1.29, 1.82) is 0 Å². The highest BCUT2D eigenvalue weighted by molar-refractivity contribution is 7.89. The maximum Gasteiger partial charge on any atom is 0.238 e. The van der Waals surface area contributed by atoms with Gasteiger partial charge in [0.25, 0.3) is 0 Å². The molecule has 0 saturated heterocycles. The van der Waals surface area contributed by atoms with E-state index in [1.54, 1.807) is 0 Å². The van der Waals surface area contributed by atoms with Gasteiger partial charge in [0, 0.05) is 0 Å². The molecule has 0 atom stereocenters. The summed E-state index contributed by atoms with van der Waals surface area (Å²) in [6, 6.07) is 5.66. The van der Waals surface area contributed by atoms with Crippen molar-refractivity contribution >= 4 is 20.0 Å². The number of rotatable bonds is 4. The van der Waals surface area contributed by atoms with E-state index in [0.29, 0.717) is 5.56 Å². The number of benzene rings is 1. The molecule has 0 aliphatic carbocycles. The van der Waals surface area contributed by atoms with Gasteiger partial charge in [0.1, 0.15) is 0 Å². The molecule has 0 heterocycles. The van der Waals surface area contributed by atoms with Gasteiger partial charge in [-0.15, -0.1) is 0 Å². The minimum absolute atomic E-state index is 0.00754. The largest absolute Gasteiger partial charge is 0.238 e. The zero-order chi connectivity index (χ0) is 12.4. The lowest BCUT2D eigenvalue weighted by molar-refractivity contribution is 0.595. The van der Waals surface area contributed by atoms with E-state index >= 15 is 0 Å². The molecule has 0 fully saturated rings. The zero-order valence-electron chi connectivity index (χ0n) is 8.33. The molecule has 1 aromatic carbocycles. The summed E-state index contributed by atoms with van der Waals surface area (Å²) < 4.78 is 43.2. The average Bonchev–Trinajstić information content (AvgIpc) is 2.13. The first-order valence-electron chi connectivity index (χ1n) is 4.31. The molecule has 0 aliphatic heterocycles. The monoisotopic (exact) mass is 264 g/mol. The van der Waals surface area contributed by atoms with Gasteiger partial charge in [0.2, 0.25) is 20.0 Å². The summed E-state index contributed by atoms with van der Waals surface area (Å²) in [7, 11) is -7.21. The Morgan fingerprint density at radius 2 is 1.44 bits per heavy atom. The van der Waals surface area contributed by atoms with Gasteiger partial charge in [-0.2, -0.15) is 0 Å². The molecule has 0 unspecified atom stereocenters. The van der Waals surface area contributed by atoms with Crippen molar-refractivity contribution in [2.24, 2.45) is 10.3 Å². The van der Waals surface area contributed by atoms with E-state index in [2.05, 4.69) is 0 Å². The van der Waals surface area contributed by atoms with E-state index in [4.69, 9.17) is 10.3 Å². The summed E-state index contributed by atoms with van der Waals surface area (Å²) >= 11 is 0. The molecule has 0 aromatic heterocycles. The maximum atomic E-state index is 10.9. The Hall–Kier alpha value is -0.960. The van der Waals surface area contributed by atoms with Crippen LogP contribution in [0.25, 0.3) is 0 Å². The fourth-order valence-electron chi connectivity index (χ4n) is 1.11. The van der Waals surface area contributed by atoms with E-state index in [1.807, 2.05) is 0 Å². The van der Waals surface area contributed by atoms with Crippen LogP contribution in [0.3, 0.4) is 0 Å². The van der Waals surface area contributed by atoms with E-state index in [0.717, 1.165) is 0 Å². The second-order valence-electron chi connectivity index (χ2n) is 3.31. The molecule has 0 spiro atoms. The van der Waals surface area contributed by atoms with Crippen molar-refractivity contribution < 1.29 is 16.8 Å². The van der Waals surface area contributed by atoms with E-state index in [-0.39, 0.29) is 17.1 Å². The Labute approximate surface area is 94.4 Å². The zero-order valence-corrected chi connectivity index (χ0v) is 9.96. The van der Waals surface area contributed by atoms with Crippen LogP contribution < -0.4 is 10.3 Å². The van der Waals surface area contributed by atoms with Gasteiger partial charge in [0.05, 0.1) is 10.6 Å². The number of hydrogen-bond acceptors (Lipinski definition) is 4. The van der Waals surface area contributed by atoms with Crippen molar-refractivity contribution in [3.63, 3.8) is 0 Å². The molecular weight excluding hydrogens is 252 g/mol. The van der Waals surface area contributed by atoms with Gasteiger partial charge in [-0.25, -0.2) is 27.1 Å². The van der Waals surface area contributed by atoms with Gasteiger partial charge in [0.15, 0.2) is 0 Å². The highest BCUT2D eigenvalue weighted by Crippen LogP contribution is 2.09. The lowest BCUT2D eigenvalue weighted by atomic mass is 10.2. The van der Waals surface area contributed by atoms with Gasteiger partial charge >= 0.3 is 0 Å². The third-order valence-electron chi connectivity index (χ3n) is 1.93. The summed E-state index contributed by atoms with van der Waals surface area (Å²) in [6.07, 6.45) is 0.240. The first-order chi connectivity index (χ1) is 7.18. The molecule has 0 saturated carbocycles. The lowest BCUT2D eigenvalue weighted by Crippen LogP contribution is -2.18. The fraction of sp³-hybridized carbons (Fsp3) is 0.250. The molecule has 1 rings (SSSR count). The average molecular weight is 264 g/mol. The lowest BCUT2D eigenvalue weighted by Gasteiger charge is -2.01. The highest BCUT2D eigenvalue weighted by Gasteiger charge is 2.08. The first-order valence-corrected chi connectivity index (χ1v) is 7.57. The van der Waals surface area contributed by atoms with Crippen LogP contribution in [0.2, 0.25) is 0 Å². The summed E-state index contributed by atoms with van der Waals surface area (Å²) in [5.41, 5.74) is 0.682. The molecule has 0 radical (unpaired) electrons. The van der Waals surface area contributed by atoms with Crippen molar-refractivity contribution in [3.8, 4) is 0 Å². The Bertz CT molecular complexity index is 561. The van der Waals surface area contributed by atoms with Crippen LogP contribution in [-0.2, 0) is 26.5 Å². The second kappa shape index (κ2) is 4.50. The number of sulfonamides is 2. The Kier molecular flexibility index (Phi) is 3.68. The summed E-state index contributed by atoms with van der Waals surface area (Å²) in [5, 5.41) is 9.75. The molecule has 0 aliphatic rings. The minimum atomic E-state index is -3.71. The van der Waals surface area contributed by atoms with Gasteiger partial charge < -0.3 is 0 Å². The molecule has 0 bridgehead atoms. The van der Waals surface area contributed by atoms with Crippen LogP contribution >= 0.6 is 0 Å². The van der Waals surface area contributed by atoms with Crippen LogP contribution in [0.15, 0.2) is 29.2 Å².